The quantitative estimate of drug-likeness (QED) is 0.704. The third-order valence-corrected chi connectivity index (χ3v) is 3.01. The SMILES string of the molecule is c1ccc(OCCC2CCCC2)cc1. The van der Waals surface area contributed by atoms with Crippen LogP contribution in [0.3, 0.4) is 0 Å². The van der Waals surface area contributed by atoms with E-state index < -0.39 is 0 Å². The molecular weight excluding hydrogens is 172 g/mol. The van der Waals surface area contributed by atoms with Gasteiger partial charge in [0.05, 0.1) is 6.61 Å². The summed E-state index contributed by atoms with van der Waals surface area (Å²) in [6.45, 7) is 0.884. The van der Waals surface area contributed by atoms with Crippen LogP contribution in [0.25, 0.3) is 0 Å². The monoisotopic (exact) mass is 190 g/mol. The average Bonchev–Trinajstić information content (AvgIpc) is 2.72. The second-order valence-corrected chi connectivity index (χ2v) is 4.10. The smallest absolute Gasteiger partial charge is 0.119 e. The summed E-state index contributed by atoms with van der Waals surface area (Å²) in [6, 6.07) is 10.1. The van der Waals surface area contributed by atoms with E-state index in [9.17, 15) is 0 Å². The Morgan fingerprint density at radius 2 is 1.79 bits per heavy atom. The molecule has 1 aliphatic rings. The van der Waals surface area contributed by atoms with E-state index in [0.717, 1.165) is 18.3 Å². The zero-order valence-corrected chi connectivity index (χ0v) is 8.61. The van der Waals surface area contributed by atoms with E-state index in [0.29, 0.717) is 0 Å². The molecule has 0 heterocycles. The van der Waals surface area contributed by atoms with Crippen molar-refractivity contribution in [2.75, 3.05) is 6.61 Å². The first-order valence-corrected chi connectivity index (χ1v) is 5.63. The van der Waals surface area contributed by atoms with E-state index in [1.165, 1.54) is 32.1 Å². The maximum Gasteiger partial charge on any atom is 0.119 e. The highest BCUT2D eigenvalue weighted by molar-refractivity contribution is 5.20. The third-order valence-electron chi connectivity index (χ3n) is 3.01. The fourth-order valence-corrected chi connectivity index (χ4v) is 2.16. The summed E-state index contributed by atoms with van der Waals surface area (Å²) in [5.74, 6) is 1.93. The predicted molar refractivity (Wildman–Crippen MR) is 58.5 cm³/mol. The van der Waals surface area contributed by atoms with Crippen LogP contribution in [0.5, 0.6) is 5.75 Å². The Morgan fingerprint density at radius 1 is 1.07 bits per heavy atom. The van der Waals surface area contributed by atoms with Crippen LogP contribution in [-0.4, -0.2) is 6.61 Å². The number of hydrogen-bond acceptors (Lipinski definition) is 1. The first-order chi connectivity index (χ1) is 6.95. The summed E-state index contributed by atoms with van der Waals surface area (Å²) in [4.78, 5) is 0. The Bertz CT molecular complexity index is 249. The van der Waals surface area contributed by atoms with Gasteiger partial charge in [0, 0.05) is 0 Å². The summed E-state index contributed by atoms with van der Waals surface area (Å²) in [7, 11) is 0. The van der Waals surface area contributed by atoms with Gasteiger partial charge in [0.1, 0.15) is 5.75 Å². The predicted octanol–water partition coefficient (Wildman–Crippen LogP) is 3.65. The van der Waals surface area contributed by atoms with E-state index in [1.807, 2.05) is 30.3 Å². The van der Waals surface area contributed by atoms with Gasteiger partial charge >= 0.3 is 0 Å². The zero-order valence-electron chi connectivity index (χ0n) is 8.61. The minimum atomic E-state index is 0.884. The van der Waals surface area contributed by atoms with Gasteiger partial charge in [-0.1, -0.05) is 43.9 Å². The largest absolute Gasteiger partial charge is 0.494 e. The second kappa shape index (κ2) is 5.04. The topological polar surface area (TPSA) is 9.23 Å². The van der Waals surface area contributed by atoms with Gasteiger partial charge in [0.15, 0.2) is 0 Å². The van der Waals surface area contributed by atoms with Crippen LogP contribution in [-0.2, 0) is 0 Å². The van der Waals surface area contributed by atoms with Gasteiger partial charge in [-0.2, -0.15) is 0 Å². The highest BCUT2D eigenvalue weighted by Gasteiger charge is 2.14. The first kappa shape index (κ1) is 9.57. The van der Waals surface area contributed by atoms with Crippen LogP contribution < -0.4 is 4.74 Å². The molecular formula is C13H18O. The number of ether oxygens (including phenoxy) is 1. The van der Waals surface area contributed by atoms with Crippen molar-refractivity contribution in [3.05, 3.63) is 30.3 Å². The zero-order chi connectivity index (χ0) is 9.64. The lowest BCUT2D eigenvalue weighted by molar-refractivity contribution is 0.279. The van der Waals surface area contributed by atoms with Gasteiger partial charge in [-0.15, -0.1) is 0 Å². The third kappa shape index (κ3) is 2.76. The molecule has 1 saturated carbocycles. The standard InChI is InChI=1S/C13H18O/c1-2-8-13(9-3-1)14-11-10-12-6-4-5-7-12/h1-3,8-9,12H,4-7,10-11H2. The second-order valence-electron chi connectivity index (χ2n) is 4.10. The molecule has 0 amide bonds. The normalized spacial score (nSPS) is 17.1. The van der Waals surface area contributed by atoms with E-state index >= 15 is 0 Å². The number of para-hydroxylation sites is 1. The van der Waals surface area contributed by atoms with E-state index in [4.69, 9.17) is 4.74 Å². The molecule has 0 bridgehead atoms. The molecule has 1 nitrogen and oxygen atoms in total. The van der Waals surface area contributed by atoms with Crippen molar-refractivity contribution in [1.29, 1.82) is 0 Å². The van der Waals surface area contributed by atoms with E-state index in [-0.39, 0.29) is 0 Å². The van der Waals surface area contributed by atoms with Crippen molar-refractivity contribution >= 4 is 0 Å². The molecule has 0 aliphatic heterocycles. The minimum Gasteiger partial charge on any atom is -0.494 e. The van der Waals surface area contributed by atoms with Crippen molar-refractivity contribution in [2.24, 2.45) is 5.92 Å². The molecule has 14 heavy (non-hydrogen) atoms. The molecule has 0 radical (unpaired) electrons. The van der Waals surface area contributed by atoms with Crippen molar-refractivity contribution < 1.29 is 4.74 Å². The van der Waals surface area contributed by atoms with Crippen molar-refractivity contribution in [3.8, 4) is 5.75 Å². The molecule has 76 valence electrons. The van der Waals surface area contributed by atoms with Gasteiger partial charge in [0.2, 0.25) is 0 Å². The van der Waals surface area contributed by atoms with Gasteiger partial charge in [-0.05, 0) is 24.5 Å². The Kier molecular flexibility index (Phi) is 3.44. The highest BCUT2D eigenvalue weighted by Crippen LogP contribution is 2.27. The fourth-order valence-electron chi connectivity index (χ4n) is 2.16. The molecule has 0 N–H and O–H groups in total. The maximum atomic E-state index is 5.67. The van der Waals surface area contributed by atoms with Crippen LogP contribution in [0.4, 0.5) is 0 Å². The van der Waals surface area contributed by atoms with Crippen molar-refractivity contribution in [3.63, 3.8) is 0 Å². The number of hydrogen-bond donors (Lipinski definition) is 0. The van der Waals surface area contributed by atoms with Crippen molar-refractivity contribution in [1.82, 2.24) is 0 Å². The Hall–Kier alpha value is -0.980. The average molecular weight is 190 g/mol. The summed E-state index contributed by atoms with van der Waals surface area (Å²) in [6.07, 6.45) is 6.91. The summed E-state index contributed by atoms with van der Waals surface area (Å²) in [5.41, 5.74) is 0. The number of rotatable bonds is 4. The minimum absolute atomic E-state index is 0.884. The molecule has 1 aromatic rings. The van der Waals surface area contributed by atoms with E-state index in [1.54, 1.807) is 0 Å². The number of benzene rings is 1. The lowest BCUT2D eigenvalue weighted by Gasteiger charge is -2.09. The molecule has 0 atom stereocenters. The molecule has 0 saturated heterocycles. The molecule has 2 rings (SSSR count). The Balaban J connectivity index is 1.67. The molecule has 0 spiro atoms. The van der Waals surface area contributed by atoms with Crippen LogP contribution in [0, 0.1) is 5.92 Å². The van der Waals surface area contributed by atoms with Crippen LogP contribution in [0.2, 0.25) is 0 Å². The summed E-state index contributed by atoms with van der Waals surface area (Å²) < 4.78 is 5.67. The molecule has 0 aromatic heterocycles. The van der Waals surface area contributed by atoms with Gasteiger partial charge in [-0.25, -0.2) is 0 Å². The van der Waals surface area contributed by atoms with Gasteiger partial charge in [-0.3, -0.25) is 0 Å². The molecule has 0 unspecified atom stereocenters. The maximum absolute atomic E-state index is 5.67. The lowest BCUT2D eigenvalue weighted by atomic mass is 10.1. The first-order valence-electron chi connectivity index (χ1n) is 5.63. The van der Waals surface area contributed by atoms with Crippen LogP contribution >= 0.6 is 0 Å². The van der Waals surface area contributed by atoms with Gasteiger partial charge in [0.25, 0.3) is 0 Å². The molecule has 1 fully saturated rings. The van der Waals surface area contributed by atoms with Crippen molar-refractivity contribution in [2.45, 2.75) is 32.1 Å². The summed E-state index contributed by atoms with van der Waals surface area (Å²) in [5, 5.41) is 0. The fraction of sp³-hybridized carbons (Fsp3) is 0.538. The summed E-state index contributed by atoms with van der Waals surface area (Å²) >= 11 is 0. The highest BCUT2D eigenvalue weighted by atomic mass is 16.5. The van der Waals surface area contributed by atoms with Gasteiger partial charge < -0.3 is 4.74 Å². The van der Waals surface area contributed by atoms with Crippen LogP contribution in [0.1, 0.15) is 32.1 Å². The molecule has 1 aliphatic carbocycles. The lowest BCUT2D eigenvalue weighted by Crippen LogP contribution is -2.03. The van der Waals surface area contributed by atoms with E-state index in [2.05, 4.69) is 0 Å². The molecule has 1 heteroatoms. The Labute approximate surface area is 86.1 Å². The Morgan fingerprint density at radius 3 is 2.50 bits per heavy atom. The molecule has 1 aromatic carbocycles. The van der Waals surface area contributed by atoms with Crippen LogP contribution in [0.15, 0.2) is 30.3 Å².